The van der Waals surface area contributed by atoms with Gasteiger partial charge in [-0.1, -0.05) is 19.8 Å². The second-order valence-corrected chi connectivity index (χ2v) is 6.86. The first-order chi connectivity index (χ1) is 7.97. The van der Waals surface area contributed by atoms with Gasteiger partial charge in [0.25, 0.3) is 0 Å². The summed E-state index contributed by atoms with van der Waals surface area (Å²) in [6.07, 6.45) is 7.00. The van der Waals surface area contributed by atoms with Gasteiger partial charge < -0.3 is 10.6 Å². The van der Waals surface area contributed by atoms with Crippen molar-refractivity contribution in [3.63, 3.8) is 0 Å². The van der Waals surface area contributed by atoms with Gasteiger partial charge in [-0.15, -0.1) is 0 Å². The molecule has 1 aliphatic rings. The molecular weight excluding hydrogens is 208 g/mol. The standard InChI is InChI=1S/C15H32N2/c1-13-6-8-14(9-7-13)12-16-10-5-11-17-15(2,3)4/h13-14,16-17H,5-12H2,1-4H3. The van der Waals surface area contributed by atoms with E-state index < -0.39 is 0 Å². The van der Waals surface area contributed by atoms with E-state index in [1.165, 1.54) is 38.6 Å². The number of hydrogen-bond donors (Lipinski definition) is 2. The lowest BCUT2D eigenvalue weighted by Gasteiger charge is -2.26. The average Bonchev–Trinajstić information content (AvgIpc) is 2.24. The second-order valence-electron chi connectivity index (χ2n) is 6.86. The van der Waals surface area contributed by atoms with Crippen LogP contribution in [0.2, 0.25) is 0 Å². The third kappa shape index (κ3) is 7.77. The second kappa shape index (κ2) is 7.38. The van der Waals surface area contributed by atoms with Crippen LogP contribution in [0.4, 0.5) is 0 Å². The van der Waals surface area contributed by atoms with E-state index >= 15 is 0 Å². The van der Waals surface area contributed by atoms with E-state index in [1.807, 2.05) is 0 Å². The maximum Gasteiger partial charge on any atom is 0.00965 e. The molecule has 0 radical (unpaired) electrons. The summed E-state index contributed by atoms with van der Waals surface area (Å²) in [5, 5.41) is 7.14. The molecule has 0 unspecified atom stereocenters. The number of hydrogen-bond acceptors (Lipinski definition) is 2. The van der Waals surface area contributed by atoms with E-state index in [0.29, 0.717) is 0 Å². The molecule has 1 fully saturated rings. The molecule has 0 spiro atoms. The lowest BCUT2D eigenvalue weighted by atomic mass is 9.83. The maximum absolute atomic E-state index is 3.62. The van der Waals surface area contributed by atoms with E-state index in [1.54, 1.807) is 0 Å². The lowest BCUT2D eigenvalue weighted by molar-refractivity contribution is 0.281. The Labute approximate surface area is 108 Å². The van der Waals surface area contributed by atoms with Crippen molar-refractivity contribution >= 4 is 0 Å². The minimum absolute atomic E-state index is 0.263. The molecule has 1 aliphatic carbocycles. The molecule has 102 valence electrons. The largest absolute Gasteiger partial charge is 0.316 e. The van der Waals surface area contributed by atoms with Crippen molar-refractivity contribution in [3.05, 3.63) is 0 Å². The smallest absolute Gasteiger partial charge is 0.00965 e. The molecule has 0 aromatic rings. The normalized spacial score (nSPS) is 26.1. The topological polar surface area (TPSA) is 24.1 Å². The van der Waals surface area contributed by atoms with Crippen LogP contribution < -0.4 is 10.6 Å². The molecular formula is C15H32N2. The summed E-state index contributed by atoms with van der Waals surface area (Å²) in [5.74, 6) is 1.92. The molecule has 17 heavy (non-hydrogen) atoms. The Kier molecular flexibility index (Phi) is 6.50. The van der Waals surface area contributed by atoms with Crippen molar-refractivity contribution in [2.45, 2.75) is 65.3 Å². The van der Waals surface area contributed by atoms with Crippen molar-refractivity contribution in [2.24, 2.45) is 11.8 Å². The fourth-order valence-corrected chi connectivity index (χ4v) is 2.52. The fourth-order valence-electron chi connectivity index (χ4n) is 2.52. The number of nitrogens with one attached hydrogen (secondary N) is 2. The first-order valence-corrected chi connectivity index (χ1v) is 7.43. The minimum Gasteiger partial charge on any atom is -0.316 e. The van der Waals surface area contributed by atoms with E-state index in [0.717, 1.165) is 24.9 Å². The van der Waals surface area contributed by atoms with Gasteiger partial charge in [-0.05, 0) is 71.5 Å². The summed E-state index contributed by atoms with van der Waals surface area (Å²) < 4.78 is 0. The summed E-state index contributed by atoms with van der Waals surface area (Å²) in [6.45, 7) is 12.6. The predicted octanol–water partition coefficient (Wildman–Crippen LogP) is 3.18. The van der Waals surface area contributed by atoms with Crippen molar-refractivity contribution in [2.75, 3.05) is 19.6 Å². The Bertz CT molecular complexity index is 188. The third-order valence-electron chi connectivity index (χ3n) is 3.75. The van der Waals surface area contributed by atoms with Crippen molar-refractivity contribution in [3.8, 4) is 0 Å². The van der Waals surface area contributed by atoms with E-state index in [4.69, 9.17) is 0 Å². The number of rotatable bonds is 6. The highest BCUT2D eigenvalue weighted by atomic mass is 14.9. The Morgan fingerprint density at radius 2 is 1.65 bits per heavy atom. The quantitative estimate of drug-likeness (QED) is 0.697. The van der Waals surface area contributed by atoms with Crippen LogP contribution in [-0.4, -0.2) is 25.2 Å². The predicted molar refractivity (Wildman–Crippen MR) is 76.4 cm³/mol. The fraction of sp³-hybridized carbons (Fsp3) is 1.00. The van der Waals surface area contributed by atoms with E-state index in [9.17, 15) is 0 Å². The molecule has 0 heterocycles. The van der Waals surface area contributed by atoms with Gasteiger partial charge in [0.15, 0.2) is 0 Å². The lowest BCUT2D eigenvalue weighted by Crippen LogP contribution is -2.37. The monoisotopic (exact) mass is 240 g/mol. The van der Waals surface area contributed by atoms with Gasteiger partial charge in [0.05, 0.1) is 0 Å². The van der Waals surface area contributed by atoms with Crippen LogP contribution in [0.3, 0.4) is 0 Å². The Morgan fingerprint density at radius 3 is 2.24 bits per heavy atom. The van der Waals surface area contributed by atoms with Crippen molar-refractivity contribution < 1.29 is 0 Å². The minimum atomic E-state index is 0.263. The molecule has 0 aliphatic heterocycles. The molecule has 0 atom stereocenters. The van der Waals surface area contributed by atoms with Crippen LogP contribution in [-0.2, 0) is 0 Å². The molecule has 0 amide bonds. The van der Waals surface area contributed by atoms with Gasteiger partial charge in [0.2, 0.25) is 0 Å². The summed E-state index contributed by atoms with van der Waals surface area (Å²) in [6, 6.07) is 0. The molecule has 0 saturated heterocycles. The van der Waals surface area contributed by atoms with Crippen molar-refractivity contribution in [1.82, 2.24) is 10.6 Å². The van der Waals surface area contributed by atoms with Crippen LogP contribution in [0.1, 0.15) is 59.8 Å². The first-order valence-electron chi connectivity index (χ1n) is 7.43. The summed E-state index contributed by atoms with van der Waals surface area (Å²) in [5.41, 5.74) is 0.263. The molecule has 0 aromatic carbocycles. The van der Waals surface area contributed by atoms with Crippen LogP contribution in [0, 0.1) is 11.8 Å². The van der Waals surface area contributed by atoms with Crippen LogP contribution in [0.5, 0.6) is 0 Å². The SMILES string of the molecule is CC1CCC(CNCCCNC(C)(C)C)CC1. The highest BCUT2D eigenvalue weighted by Crippen LogP contribution is 2.27. The Morgan fingerprint density at radius 1 is 1.00 bits per heavy atom. The Balaban J connectivity index is 1.91. The Hall–Kier alpha value is -0.0800. The highest BCUT2D eigenvalue weighted by Gasteiger charge is 2.17. The third-order valence-corrected chi connectivity index (χ3v) is 3.75. The zero-order chi connectivity index (χ0) is 12.7. The summed E-state index contributed by atoms with van der Waals surface area (Å²) in [7, 11) is 0. The molecule has 2 N–H and O–H groups in total. The van der Waals surface area contributed by atoms with Gasteiger partial charge in [-0.25, -0.2) is 0 Å². The highest BCUT2D eigenvalue weighted by molar-refractivity contribution is 4.72. The molecule has 0 aromatic heterocycles. The molecule has 0 bridgehead atoms. The van der Waals surface area contributed by atoms with Crippen molar-refractivity contribution in [1.29, 1.82) is 0 Å². The van der Waals surface area contributed by atoms with Gasteiger partial charge in [-0.3, -0.25) is 0 Å². The van der Waals surface area contributed by atoms with Gasteiger partial charge in [-0.2, -0.15) is 0 Å². The molecule has 2 nitrogen and oxygen atoms in total. The zero-order valence-electron chi connectivity index (χ0n) is 12.3. The van der Waals surface area contributed by atoms with Crippen LogP contribution in [0.25, 0.3) is 0 Å². The van der Waals surface area contributed by atoms with Gasteiger partial charge >= 0.3 is 0 Å². The average molecular weight is 240 g/mol. The van der Waals surface area contributed by atoms with Gasteiger partial charge in [0, 0.05) is 5.54 Å². The van der Waals surface area contributed by atoms with E-state index in [2.05, 4.69) is 38.3 Å². The zero-order valence-corrected chi connectivity index (χ0v) is 12.3. The summed E-state index contributed by atoms with van der Waals surface area (Å²) in [4.78, 5) is 0. The van der Waals surface area contributed by atoms with Gasteiger partial charge in [0.1, 0.15) is 0 Å². The van der Waals surface area contributed by atoms with E-state index in [-0.39, 0.29) is 5.54 Å². The molecule has 2 heteroatoms. The first kappa shape index (κ1) is 15.0. The summed E-state index contributed by atoms with van der Waals surface area (Å²) >= 11 is 0. The molecule has 1 saturated carbocycles. The maximum atomic E-state index is 3.62. The molecule has 1 rings (SSSR count). The van der Waals surface area contributed by atoms with Crippen LogP contribution in [0.15, 0.2) is 0 Å². The van der Waals surface area contributed by atoms with Crippen LogP contribution >= 0.6 is 0 Å².